The van der Waals surface area contributed by atoms with E-state index in [-0.39, 0.29) is 17.7 Å². The Labute approximate surface area is 122 Å². The summed E-state index contributed by atoms with van der Waals surface area (Å²) in [5.74, 6) is -1.67. The maximum atomic E-state index is 13.1. The van der Waals surface area contributed by atoms with Gasteiger partial charge in [0.15, 0.2) is 0 Å². The average Bonchev–Trinajstić information content (AvgIpc) is 2.32. The number of hydrogen-bond acceptors (Lipinski definition) is 3. The van der Waals surface area contributed by atoms with Gasteiger partial charge < -0.3 is 15.2 Å². The van der Waals surface area contributed by atoms with Crippen LogP contribution < -0.4 is 5.32 Å². The fraction of sp³-hybridized carbons (Fsp3) is 0.333. The summed E-state index contributed by atoms with van der Waals surface area (Å²) in [7, 11) is 0. The first-order valence-electron chi connectivity index (χ1n) is 6.35. The Balaban J connectivity index is 2.64. The molecule has 0 bridgehead atoms. The molecule has 0 saturated heterocycles. The van der Waals surface area contributed by atoms with Crippen molar-refractivity contribution >= 4 is 18.1 Å². The van der Waals surface area contributed by atoms with E-state index >= 15 is 0 Å². The maximum absolute atomic E-state index is 13.1. The smallest absolute Gasteiger partial charge is 0.407 e. The lowest BCUT2D eigenvalue weighted by molar-refractivity contribution is 0.0533. The van der Waals surface area contributed by atoms with Crippen molar-refractivity contribution in [3.05, 3.63) is 41.2 Å². The van der Waals surface area contributed by atoms with E-state index in [9.17, 15) is 14.0 Å². The molecule has 0 unspecified atom stereocenters. The van der Waals surface area contributed by atoms with Gasteiger partial charge in [-0.15, -0.1) is 0 Å². The zero-order chi connectivity index (χ0) is 16.0. The third-order valence-corrected chi connectivity index (χ3v) is 2.30. The van der Waals surface area contributed by atoms with E-state index in [1.165, 1.54) is 18.2 Å². The Kier molecular flexibility index (Phi) is 5.46. The second-order valence-corrected chi connectivity index (χ2v) is 5.32. The maximum Gasteiger partial charge on any atom is 0.407 e. The molecule has 0 aliphatic heterocycles. The van der Waals surface area contributed by atoms with Crippen molar-refractivity contribution in [1.82, 2.24) is 5.32 Å². The number of benzene rings is 1. The topological polar surface area (TPSA) is 75.6 Å². The summed E-state index contributed by atoms with van der Waals surface area (Å²) in [6.45, 7) is 5.38. The van der Waals surface area contributed by atoms with Gasteiger partial charge in [-0.25, -0.2) is 14.0 Å². The van der Waals surface area contributed by atoms with E-state index in [4.69, 9.17) is 9.84 Å². The molecule has 5 nitrogen and oxygen atoms in total. The van der Waals surface area contributed by atoms with Crippen LogP contribution in [0.15, 0.2) is 24.3 Å². The summed E-state index contributed by atoms with van der Waals surface area (Å²) in [6, 6.07) is 3.39. The van der Waals surface area contributed by atoms with Gasteiger partial charge >= 0.3 is 12.1 Å². The molecule has 0 radical (unpaired) electrons. The van der Waals surface area contributed by atoms with Crippen molar-refractivity contribution in [2.45, 2.75) is 26.4 Å². The van der Waals surface area contributed by atoms with Gasteiger partial charge in [-0.3, -0.25) is 0 Å². The molecule has 2 N–H and O–H groups in total. The molecule has 0 heterocycles. The Morgan fingerprint density at radius 1 is 1.38 bits per heavy atom. The Morgan fingerprint density at radius 2 is 2.05 bits per heavy atom. The highest BCUT2D eigenvalue weighted by Crippen LogP contribution is 2.13. The van der Waals surface area contributed by atoms with Crippen LogP contribution in [0.1, 0.15) is 36.7 Å². The van der Waals surface area contributed by atoms with E-state index in [0.717, 1.165) is 12.1 Å². The van der Waals surface area contributed by atoms with Crippen LogP contribution >= 0.6 is 0 Å². The van der Waals surface area contributed by atoms with Crippen LogP contribution in [-0.4, -0.2) is 29.3 Å². The molecule has 1 aromatic carbocycles. The minimum Gasteiger partial charge on any atom is -0.478 e. The summed E-state index contributed by atoms with van der Waals surface area (Å²) in [5.41, 5.74) is -0.370. The monoisotopic (exact) mass is 295 g/mol. The molecule has 1 rings (SSSR count). The molecule has 0 saturated carbocycles. The first-order valence-corrected chi connectivity index (χ1v) is 6.35. The number of carboxylic acids is 1. The van der Waals surface area contributed by atoms with Crippen molar-refractivity contribution in [2.24, 2.45) is 0 Å². The highest BCUT2D eigenvalue weighted by molar-refractivity contribution is 5.92. The van der Waals surface area contributed by atoms with Crippen LogP contribution in [0.4, 0.5) is 9.18 Å². The van der Waals surface area contributed by atoms with Crippen LogP contribution in [0.3, 0.4) is 0 Å². The molecule has 0 aliphatic rings. The zero-order valence-electron chi connectivity index (χ0n) is 12.1. The number of carbonyl (C=O) groups is 2. The van der Waals surface area contributed by atoms with Crippen molar-refractivity contribution in [3.63, 3.8) is 0 Å². The molecular formula is C15H18FNO4. The molecule has 0 fully saturated rings. The largest absolute Gasteiger partial charge is 0.478 e. The lowest BCUT2D eigenvalue weighted by Gasteiger charge is -2.19. The molecule has 0 aromatic heterocycles. The van der Waals surface area contributed by atoms with Gasteiger partial charge in [0.05, 0.1) is 5.56 Å². The lowest BCUT2D eigenvalue weighted by atomic mass is 10.1. The molecule has 0 atom stereocenters. The summed E-state index contributed by atoms with van der Waals surface area (Å²) < 4.78 is 18.2. The summed E-state index contributed by atoms with van der Waals surface area (Å²) >= 11 is 0. The molecule has 6 heteroatoms. The van der Waals surface area contributed by atoms with Gasteiger partial charge in [-0.05, 0) is 44.5 Å². The van der Waals surface area contributed by atoms with Gasteiger partial charge in [-0.1, -0.05) is 12.2 Å². The number of alkyl carbamates (subject to hydrolysis) is 1. The third kappa shape index (κ3) is 6.07. The van der Waals surface area contributed by atoms with Gasteiger partial charge in [0, 0.05) is 6.54 Å². The van der Waals surface area contributed by atoms with E-state index in [0.29, 0.717) is 0 Å². The Hall–Kier alpha value is -2.37. The highest BCUT2D eigenvalue weighted by atomic mass is 19.1. The second kappa shape index (κ2) is 6.88. The number of carbonyl (C=O) groups excluding carboxylic acids is 1. The average molecular weight is 295 g/mol. The molecule has 21 heavy (non-hydrogen) atoms. The van der Waals surface area contributed by atoms with Gasteiger partial charge in [0.25, 0.3) is 0 Å². The van der Waals surface area contributed by atoms with Crippen LogP contribution in [0.25, 0.3) is 6.08 Å². The van der Waals surface area contributed by atoms with Crippen molar-refractivity contribution in [3.8, 4) is 0 Å². The quantitative estimate of drug-likeness (QED) is 0.895. The zero-order valence-corrected chi connectivity index (χ0v) is 12.1. The first kappa shape index (κ1) is 16.7. The first-order chi connectivity index (χ1) is 9.69. The van der Waals surface area contributed by atoms with Crippen molar-refractivity contribution in [1.29, 1.82) is 0 Å². The SMILES string of the molecule is CC(C)(C)OC(=O)NCC=Cc1cc(F)ccc1C(=O)O. The normalized spacial score (nSPS) is 11.4. The summed E-state index contributed by atoms with van der Waals surface area (Å²) in [6.07, 6.45) is 2.37. The predicted octanol–water partition coefficient (Wildman–Crippen LogP) is 3.06. The minimum absolute atomic E-state index is 0.00934. The summed E-state index contributed by atoms with van der Waals surface area (Å²) in [5, 5.41) is 11.5. The number of carboxylic acid groups (broad SMARTS) is 1. The van der Waals surface area contributed by atoms with E-state index in [1.807, 2.05) is 0 Å². The molecule has 1 aromatic rings. The lowest BCUT2D eigenvalue weighted by Crippen LogP contribution is -2.32. The fourth-order valence-electron chi connectivity index (χ4n) is 1.51. The number of nitrogens with one attached hydrogen (secondary N) is 1. The Morgan fingerprint density at radius 3 is 2.62 bits per heavy atom. The third-order valence-electron chi connectivity index (χ3n) is 2.30. The van der Waals surface area contributed by atoms with Crippen molar-refractivity contribution < 1.29 is 23.8 Å². The Bertz CT molecular complexity index is 561. The van der Waals surface area contributed by atoms with Crippen molar-refractivity contribution in [2.75, 3.05) is 6.54 Å². The molecule has 1 amide bonds. The number of amides is 1. The minimum atomic E-state index is -1.14. The number of ether oxygens (including phenoxy) is 1. The standard InChI is InChI=1S/C15H18FNO4/c1-15(2,3)21-14(20)17-8-4-5-10-9-11(16)6-7-12(10)13(18)19/h4-7,9H,8H2,1-3H3,(H,17,20)(H,18,19). The highest BCUT2D eigenvalue weighted by Gasteiger charge is 2.15. The number of aromatic carboxylic acids is 1. The van der Waals surface area contributed by atoms with Crippen LogP contribution in [0.5, 0.6) is 0 Å². The van der Waals surface area contributed by atoms with Gasteiger partial charge in [0.2, 0.25) is 0 Å². The second-order valence-electron chi connectivity index (χ2n) is 5.32. The summed E-state index contributed by atoms with van der Waals surface area (Å²) in [4.78, 5) is 22.4. The molecule has 114 valence electrons. The predicted molar refractivity (Wildman–Crippen MR) is 76.6 cm³/mol. The number of halogens is 1. The van der Waals surface area contributed by atoms with Crippen LogP contribution in [0, 0.1) is 5.82 Å². The van der Waals surface area contributed by atoms with E-state index in [1.54, 1.807) is 20.8 Å². The molecular weight excluding hydrogens is 277 g/mol. The number of hydrogen-bond donors (Lipinski definition) is 2. The fourth-order valence-corrected chi connectivity index (χ4v) is 1.51. The van der Waals surface area contributed by atoms with Gasteiger partial charge in [0.1, 0.15) is 11.4 Å². The molecule has 0 spiro atoms. The van der Waals surface area contributed by atoms with Crippen LogP contribution in [-0.2, 0) is 4.74 Å². The van der Waals surface area contributed by atoms with E-state index in [2.05, 4.69) is 5.32 Å². The van der Waals surface area contributed by atoms with Crippen LogP contribution in [0.2, 0.25) is 0 Å². The number of rotatable bonds is 4. The molecule has 0 aliphatic carbocycles. The van der Waals surface area contributed by atoms with Gasteiger partial charge in [-0.2, -0.15) is 0 Å². The van der Waals surface area contributed by atoms with E-state index < -0.39 is 23.5 Å².